The van der Waals surface area contributed by atoms with Gasteiger partial charge in [-0.15, -0.1) is 12.4 Å². The van der Waals surface area contributed by atoms with Crippen LogP contribution in [0.5, 0.6) is 0 Å². The molecule has 74 valence electrons. The van der Waals surface area contributed by atoms with Gasteiger partial charge in [0.25, 0.3) is 0 Å². The van der Waals surface area contributed by atoms with Gasteiger partial charge in [0.15, 0.2) is 0 Å². The Morgan fingerprint density at radius 2 is 2.08 bits per heavy atom. The van der Waals surface area contributed by atoms with E-state index < -0.39 is 0 Å². The highest BCUT2D eigenvalue weighted by molar-refractivity contribution is 6.31. The van der Waals surface area contributed by atoms with Gasteiger partial charge in [0, 0.05) is 11.1 Å². The minimum atomic E-state index is 0. The summed E-state index contributed by atoms with van der Waals surface area (Å²) in [4.78, 5) is 0. The van der Waals surface area contributed by atoms with Crippen LogP contribution in [0.1, 0.15) is 30.5 Å². The second-order valence-corrected chi connectivity index (χ2v) is 3.45. The number of nitrogens with two attached hydrogens (primary N) is 1. The molecule has 0 spiro atoms. The quantitative estimate of drug-likeness (QED) is 0.811. The Bertz CT molecular complexity index is 274. The predicted molar refractivity (Wildman–Crippen MR) is 60.7 cm³/mol. The summed E-state index contributed by atoms with van der Waals surface area (Å²) in [6.45, 7) is 4.08. The van der Waals surface area contributed by atoms with Crippen molar-refractivity contribution < 1.29 is 0 Å². The van der Waals surface area contributed by atoms with Crippen LogP contribution in [0, 0.1) is 6.92 Å². The molecule has 3 heteroatoms. The van der Waals surface area contributed by atoms with Gasteiger partial charge in [-0.25, -0.2) is 0 Å². The SMILES string of the molecule is CCC(N)c1ccc(C)cc1Cl.Cl. The third-order valence-corrected chi connectivity index (χ3v) is 2.32. The summed E-state index contributed by atoms with van der Waals surface area (Å²) in [5.41, 5.74) is 8.08. The third-order valence-electron chi connectivity index (χ3n) is 2.00. The molecule has 1 unspecified atom stereocenters. The first-order valence-electron chi connectivity index (χ1n) is 4.16. The van der Waals surface area contributed by atoms with Crippen molar-refractivity contribution in [2.45, 2.75) is 26.3 Å². The van der Waals surface area contributed by atoms with Crippen LogP contribution in [-0.2, 0) is 0 Å². The summed E-state index contributed by atoms with van der Waals surface area (Å²) >= 11 is 6.02. The Morgan fingerprint density at radius 3 is 2.54 bits per heavy atom. The van der Waals surface area contributed by atoms with Gasteiger partial charge >= 0.3 is 0 Å². The Labute approximate surface area is 90.7 Å². The number of rotatable bonds is 2. The highest BCUT2D eigenvalue weighted by atomic mass is 35.5. The topological polar surface area (TPSA) is 26.0 Å². The molecule has 0 aliphatic heterocycles. The van der Waals surface area contributed by atoms with E-state index in [0.717, 1.165) is 17.0 Å². The van der Waals surface area contributed by atoms with Crippen molar-refractivity contribution in [2.75, 3.05) is 0 Å². The van der Waals surface area contributed by atoms with Crippen LogP contribution >= 0.6 is 24.0 Å². The summed E-state index contributed by atoms with van der Waals surface area (Å²) < 4.78 is 0. The monoisotopic (exact) mass is 219 g/mol. The first-order valence-corrected chi connectivity index (χ1v) is 4.54. The van der Waals surface area contributed by atoms with Crippen molar-refractivity contribution in [2.24, 2.45) is 5.73 Å². The molecule has 0 saturated heterocycles. The second kappa shape index (κ2) is 5.48. The number of halogens is 2. The molecular weight excluding hydrogens is 205 g/mol. The van der Waals surface area contributed by atoms with Crippen molar-refractivity contribution >= 4 is 24.0 Å². The van der Waals surface area contributed by atoms with Gasteiger partial charge in [-0.05, 0) is 30.5 Å². The second-order valence-electron chi connectivity index (χ2n) is 3.04. The number of hydrogen-bond donors (Lipinski definition) is 1. The molecule has 0 aliphatic carbocycles. The van der Waals surface area contributed by atoms with Crippen molar-refractivity contribution in [1.82, 2.24) is 0 Å². The van der Waals surface area contributed by atoms with Gasteiger partial charge < -0.3 is 5.73 Å². The normalized spacial score (nSPS) is 12.0. The van der Waals surface area contributed by atoms with E-state index in [9.17, 15) is 0 Å². The molecule has 1 aromatic carbocycles. The van der Waals surface area contributed by atoms with Gasteiger partial charge in [-0.2, -0.15) is 0 Å². The van der Waals surface area contributed by atoms with Gasteiger partial charge in [-0.1, -0.05) is 30.7 Å². The fourth-order valence-corrected chi connectivity index (χ4v) is 1.53. The van der Waals surface area contributed by atoms with E-state index in [1.807, 2.05) is 25.1 Å². The summed E-state index contributed by atoms with van der Waals surface area (Å²) in [5.74, 6) is 0. The van der Waals surface area contributed by atoms with E-state index in [1.165, 1.54) is 5.56 Å². The zero-order valence-corrected chi connectivity index (χ0v) is 9.45. The Balaban J connectivity index is 0.00000144. The minimum Gasteiger partial charge on any atom is -0.324 e. The molecule has 0 aliphatic rings. The van der Waals surface area contributed by atoms with Crippen molar-refractivity contribution in [3.8, 4) is 0 Å². The van der Waals surface area contributed by atoms with Gasteiger partial charge in [0.05, 0.1) is 0 Å². The summed E-state index contributed by atoms with van der Waals surface area (Å²) in [7, 11) is 0. The molecule has 1 rings (SSSR count). The molecule has 0 saturated carbocycles. The van der Waals surface area contributed by atoms with E-state index in [4.69, 9.17) is 17.3 Å². The lowest BCUT2D eigenvalue weighted by Crippen LogP contribution is -2.09. The molecule has 0 radical (unpaired) electrons. The minimum absolute atomic E-state index is 0. The van der Waals surface area contributed by atoms with Gasteiger partial charge in [-0.3, -0.25) is 0 Å². The summed E-state index contributed by atoms with van der Waals surface area (Å²) in [5, 5.41) is 0.782. The zero-order valence-electron chi connectivity index (χ0n) is 7.88. The van der Waals surface area contributed by atoms with Gasteiger partial charge in [0.2, 0.25) is 0 Å². The highest BCUT2D eigenvalue weighted by Crippen LogP contribution is 2.24. The highest BCUT2D eigenvalue weighted by Gasteiger charge is 2.06. The average Bonchev–Trinajstić information content (AvgIpc) is 2.03. The summed E-state index contributed by atoms with van der Waals surface area (Å²) in [6.07, 6.45) is 0.919. The lowest BCUT2D eigenvalue weighted by atomic mass is 10.0. The molecule has 1 aromatic rings. The summed E-state index contributed by atoms with van der Waals surface area (Å²) in [6, 6.07) is 6.06. The first-order chi connectivity index (χ1) is 5.65. The lowest BCUT2D eigenvalue weighted by molar-refractivity contribution is 0.699. The van der Waals surface area contributed by atoms with E-state index in [1.54, 1.807) is 0 Å². The molecule has 0 bridgehead atoms. The first kappa shape index (κ1) is 12.8. The molecule has 13 heavy (non-hydrogen) atoms. The molecule has 1 atom stereocenters. The smallest absolute Gasteiger partial charge is 0.0456 e. The average molecular weight is 220 g/mol. The van der Waals surface area contributed by atoms with Crippen LogP contribution in [0.4, 0.5) is 0 Å². The number of aryl methyl sites for hydroxylation is 1. The Morgan fingerprint density at radius 1 is 1.46 bits per heavy atom. The maximum Gasteiger partial charge on any atom is 0.0456 e. The van der Waals surface area contributed by atoms with Gasteiger partial charge in [0.1, 0.15) is 0 Å². The van der Waals surface area contributed by atoms with Crippen LogP contribution in [-0.4, -0.2) is 0 Å². The molecule has 0 aromatic heterocycles. The fraction of sp³-hybridized carbons (Fsp3) is 0.400. The van der Waals surface area contributed by atoms with Crippen LogP contribution < -0.4 is 5.73 Å². The zero-order chi connectivity index (χ0) is 9.14. The largest absolute Gasteiger partial charge is 0.324 e. The Kier molecular flexibility index (Phi) is 5.38. The molecule has 2 N–H and O–H groups in total. The van der Waals surface area contributed by atoms with E-state index >= 15 is 0 Å². The van der Waals surface area contributed by atoms with E-state index in [2.05, 4.69) is 6.92 Å². The Hall–Kier alpha value is -0.240. The van der Waals surface area contributed by atoms with Crippen LogP contribution in [0.3, 0.4) is 0 Å². The molecule has 0 heterocycles. The molecule has 0 fully saturated rings. The molecule has 0 amide bonds. The van der Waals surface area contributed by atoms with E-state index in [0.29, 0.717) is 0 Å². The number of hydrogen-bond acceptors (Lipinski definition) is 1. The maximum atomic E-state index is 6.02. The van der Waals surface area contributed by atoms with Crippen LogP contribution in [0.2, 0.25) is 5.02 Å². The molecule has 1 nitrogen and oxygen atoms in total. The van der Waals surface area contributed by atoms with Crippen molar-refractivity contribution in [3.63, 3.8) is 0 Å². The predicted octanol–water partition coefficient (Wildman–Crippen LogP) is 3.48. The maximum absolute atomic E-state index is 6.02. The van der Waals surface area contributed by atoms with E-state index in [-0.39, 0.29) is 18.4 Å². The standard InChI is InChI=1S/C10H14ClN.ClH/c1-3-10(12)8-5-4-7(2)6-9(8)11;/h4-6,10H,3,12H2,1-2H3;1H. The van der Waals surface area contributed by atoms with Crippen molar-refractivity contribution in [3.05, 3.63) is 34.3 Å². The number of benzene rings is 1. The van der Waals surface area contributed by atoms with Crippen LogP contribution in [0.25, 0.3) is 0 Å². The fourth-order valence-electron chi connectivity index (χ4n) is 1.15. The lowest BCUT2D eigenvalue weighted by Gasteiger charge is -2.11. The molecular formula is C10H15Cl2N. The third kappa shape index (κ3) is 3.18. The van der Waals surface area contributed by atoms with Crippen molar-refractivity contribution in [1.29, 1.82) is 0 Å². The van der Waals surface area contributed by atoms with Crippen LogP contribution in [0.15, 0.2) is 18.2 Å².